The minimum Gasteiger partial charge on any atom is -0.369 e. The molecule has 0 fully saturated rings. The van der Waals surface area contributed by atoms with Gasteiger partial charge in [0.05, 0.1) is 11.0 Å². The Morgan fingerprint density at radius 1 is 1.39 bits per heavy atom. The van der Waals surface area contributed by atoms with E-state index in [1.165, 1.54) is 0 Å². The number of halogens is 1. The molecule has 1 aromatic heterocycles. The highest BCUT2D eigenvalue weighted by molar-refractivity contribution is 6.31. The minimum atomic E-state index is 0.168. The van der Waals surface area contributed by atoms with Gasteiger partial charge in [-0.3, -0.25) is 0 Å². The van der Waals surface area contributed by atoms with Crippen LogP contribution in [0.5, 0.6) is 0 Å². The first-order valence-electron chi connectivity index (χ1n) is 6.22. The Labute approximate surface area is 113 Å². The first kappa shape index (κ1) is 13.2. The van der Waals surface area contributed by atoms with Crippen molar-refractivity contribution >= 4 is 28.6 Å². The van der Waals surface area contributed by atoms with Crippen LogP contribution in [0.4, 0.5) is 5.95 Å². The molecule has 4 heteroatoms. The molecule has 98 valence electrons. The number of rotatable bonds is 3. The second-order valence-electron chi connectivity index (χ2n) is 5.83. The van der Waals surface area contributed by atoms with Crippen molar-refractivity contribution in [2.45, 2.75) is 34.2 Å². The molecule has 2 rings (SSSR count). The Morgan fingerprint density at radius 3 is 2.67 bits per heavy atom. The summed E-state index contributed by atoms with van der Waals surface area (Å²) in [7, 11) is 0. The van der Waals surface area contributed by atoms with Crippen molar-refractivity contribution in [1.82, 2.24) is 9.55 Å². The molecule has 0 amide bonds. The van der Waals surface area contributed by atoms with Gasteiger partial charge in [0.15, 0.2) is 0 Å². The van der Waals surface area contributed by atoms with E-state index in [4.69, 9.17) is 17.3 Å². The lowest BCUT2D eigenvalue weighted by Gasteiger charge is -2.30. The van der Waals surface area contributed by atoms with E-state index in [9.17, 15) is 0 Å². The zero-order chi connectivity index (χ0) is 13.5. The van der Waals surface area contributed by atoms with Crippen molar-refractivity contribution in [2.24, 2.45) is 11.3 Å². The number of hydrogen-bond acceptors (Lipinski definition) is 2. The number of imidazole rings is 1. The largest absolute Gasteiger partial charge is 0.369 e. The summed E-state index contributed by atoms with van der Waals surface area (Å²) in [5.74, 6) is 1.13. The third kappa shape index (κ3) is 2.32. The smallest absolute Gasteiger partial charge is 0.201 e. The standard InChI is InChI=1S/C14H20ClN3/c1-9(2)14(3,4)8-18-12-6-5-10(15)7-11(12)17-13(18)16/h5-7,9H,8H2,1-4H3,(H2,16,17). The van der Waals surface area contributed by atoms with Crippen molar-refractivity contribution in [3.05, 3.63) is 23.2 Å². The topological polar surface area (TPSA) is 43.8 Å². The second kappa shape index (κ2) is 4.47. The molecule has 0 saturated carbocycles. The molecule has 0 atom stereocenters. The number of fused-ring (bicyclic) bond motifs is 1. The summed E-state index contributed by atoms with van der Waals surface area (Å²) in [6.45, 7) is 9.81. The van der Waals surface area contributed by atoms with Gasteiger partial charge in [0.1, 0.15) is 0 Å². The lowest BCUT2D eigenvalue weighted by atomic mass is 9.81. The summed E-state index contributed by atoms with van der Waals surface area (Å²) in [5.41, 5.74) is 8.10. The van der Waals surface area contributed by atoms with E-state index >= 15 is 0 Å². The van der Waals surface area contributed by atoms with Crippen LogP contribution >= 0.6 is 11.6 Å². The van der Waals surface area contributed by atoms with Crippen LogP contribution in [0.2, 0.25) is 5.02 Å². The summed E-state index contributed by atoms with van der Waals surface area (Å²) in [6, 6.07) is 5.72. The Hall–Kier alpha value is -1.22. The van der Waals surface area contributed by atoms with E-state index in [1.807, 2.05) is 18.2 Å². The van der Waals surface area contributed by atoms with Crippen molar-refractivity contribution in [2.75, 3.05) is 5.73 Å². The van der Waals surface area contributed by atoms with Gasteiger partial charge in [-0.2, -0.15) is 0 Å². The van der Waals surface area contributed by atoms with Gasteiger partial charge in [-0.05, 0) is 29.5 Å². The molecule has 0 saturated heterocycles. The molecule has 0 unspecified atom stereocenters. The molecule has 0 aliphatic heterocycles. The lowest BCUT2D eigenvalue weighted by Crippen LogP contribution is -2.26. The zero-order valence-corrected chi connectivity index (χ0v) is 12.1. The Balaban J connectivity index is 2.48. The average Bonchev–Trinajstić information content (AvgIpc) is 2.54. The quantitative estimate of drug-likeness (QED) is 0.913. The fourth-order valence-electron chi connectivity index (χ4n) is 1.88. The van der Waals surface area contributed by atoms with E-state index in [1.54, 1.807) is 0 Å². The first-order valence-corrected chi connectivity index (χ1v) is 6.60. The van der Waals surface area contributed by atoms with Gasteiger partial charge in [0.2, 0.25) is 5.95 Å². The number of nitrogen functional groups attached to an aromatic ring is 1. The van der Waals surface area contributed by atoms with Crippen molar-refractivity contribution in [3.8, 4) is 0 Å². The molecule has 0 aliphatic carbocycles. The van der Waals surface area contributed by atoms with Gasteiger partial charge in [-0.1, -0.05) is 39.3 Å². The molecule has 2 N–H and O–H groups in total. The summed E-state index contributed by atoms with van der Waals surface area (Å²) < 4.78 is 2.08. The molecule has 18 heavy (non-hydrogen) atoms. The van der Waals surface area contributed by atoms with Crippen LogP contribution in [-0.4, -0.2) is 9.55 Å². The molecule has 0 spiro atoms. The third-order valence-corrected chi connectivity index (χ3v) is 4.10. The molecular weight excluding hydrogens is 246 g/mol. The summed E-state index contributed by atoms with van der Waals surface area (Å²) in [4.78, 5) is 4.37. The number of hydrogen-bond donors (Lipinski definition) is 1. The Bertz CT molecular complexity index is 570. The molecule has 2 aromatic rings. The summed E-state index contributed by atoms with van der Waals surface area (Å²) in [5, 5.41) is 0.690. The maximum atomic E-state index is 6.02. The Morgan fingerprint density at radius 2 is 2.06 bits per heavy atom. The van der Waals surface area contributed by atoms with E-state index in [2.05, 4.69) is 37.2 Å². The predicted molar refractivity (Wildman–Crippen MR) is 77.8 cm³/mol. The van der Waals surface area contributed by atoms with Crippen LogP contribution in [0.1, 0.15) is 27.7 Å². The maximum Gasteiger partial charge on any atom is 0.201 e. The first-order chi connectivity index (χ1) is 8.31. The second-order valence-corrected chi connectivity index (χ2v) is 6.27. The van der Waals surface area contributed by atoms with Crippen molar-refractivity contribution in [1.29, 1.82) is 0 Å². The normalized spacial score (nSPS) is 12.6. The molecule has 0 bridgehead atoms. The van der Waals surface area contributed by atoms with Gasteiger partial charge in [0.25, 0.3) is 0 Å². The SMILES string of the molecule is CC(C)C(C)(C)Cn1c(N)nc2cc(Cl)ccc21. The molecule has 3 nitrogen and oxygen atoms in total. The van der Waals surface area contributed by atoms with E-state index in [0.717, 1.165) is 17.6 Å². The minimum absolute atomic E-state index is 0.168. The molecule has 1 heterocycles. The maximum absolute atomic E-state index is 6.02. The highest BCUT2D eigenvalue weighted by atomic mass is 35.5. The summed E-state index contributed by atoms with van der Waals surface area (Å²) >= 11 is 5.97. The fraction of sp³-hybridized carbons (Fsp3) is 0.500. The number of benzene rings is 1. The van der Waals surface area contributed by atoms with Crippen LogP contribution in [0.15, 0.2) is 18.2 Å². The van der Waals surface area contributed by atoms with Crippen LogP contribution in [0.3, 0.4) is 0 Å². The van der Waals surface area contributed by atoms with Gasteiger partial charge < -0.3 is 10.3 Å². The predicted octanol–water partition coefficient (Wildman–Crippen LogP) is 3.95. The molecule has 1 aromatic carbocycles. The number of aromatic nitrogens is 2. The fourth-order valence-corrected chi connectivity index (χ4v) is 2.04. The lowest BCUT2D eigenvalue weighted by molar-refractivity contribution is 0.214. The van der Waals surface area contributed by atoms with E-state index < -0.39 is 0 Å². The monoisotopic (exact) mass is 265 g/mol. The Kier molecular flexibility index (Phi) is 3.28. The number of anilines is 1. The van der Waals surface area contributed by atoms with E-state index in [0.29, 0.717) is 16.9 Å². The zero-order valence-electron chi connectivity index (χ0n) is 11.4. The number of nitrogens with zero attached hydrogens (tertiary/aromatic N) is 2. The van der Waals surface area contributed by atoms with Gasteiger partial charge in [-0.25, -0.2) is 4.98 Å². The molecular formula is C14H20ClN3. The highest BCUT2D eigenvalue weighted by Gasteiger charge is 2.24. The molecule has 0 radical (unpaired) electrons. The van der Waals surface area contributed by atoms with Crippen LogP contribution in [-0.2, 0) is 6.54 Å². The van der Waals surface area contributed by atoms with Gasteiger partial charge in [-0.15, -0.1) is 0 Å². The van der Waals surface area contributed by atoms with Crippen LogP contribution in [0, 0.1) is 11.3 Å². The average molecular weight is 266 g/mol. The number of nitrogens with two attached hydrogens (primary N) is 1. The van der Waals surface area contributed by atoms with Crippen LogP contribution in [0.25, 0.3) is 11.0 Å². The molecule has 0 aliphatic rings. The van der Waals surface area contributed by atoms with Crippen molar-refractivity contribution in [3.63, 3.8) is 0 Å². The van der Waals surface area contributed by atoms with Gasteiger partial charge >= 0.3 is 0 Å². The third-order valence-electron chi connectivity index (χ3n) is 3.87. The summed E-state index contributed by atoms with van der Waals surface area (Å²) in [6.07, 6.45) is 0. The highest BCUT2D eigenvalue weighted by Crippen LogP contribution is 2.31. The van der Waals surface area contributed by atoms with Gasteiger partial charge in [0, 0.05) is 11.6 Å². The van der Waals surface area contributed by atoms with Crippen LogP contribution < -0.4 is 5.73 Å². The van der Waals surface area contributed by atoms with E-state index in [-0.39, 0.29) is 5.41 Å². The van der Waals surface area contributed by atoms with Crippen molar-refractivity contribution < 1.29 is 0 Å².